The number of ether oxygens (including phenoxy) is 4. The molecule has 174 valence electrons. The molecule has 0 bridgehead atoms. The highest BCUT2D eigenvalue weighted by molar-refractivity contribution is 6.22. The lowest BCUT2D eigenvalue weighted by Gasteiger charge is -2.35. The molecular weight excluding hydrogens is 426 g/mol. The van der Waals surface area contributed by atoms with Gasteiger partial charge in [0.15, 0.2) is 11.5 Å². The summed E-state index contributed by atoms with van der Waals surface area (Å²) in [5, 5.41) is 3.55. The van der Waals surface area contributed by atoms with Crippen molar-refractivity contribution >= 4 is 23.2 Å². The van der Waals surface area contributed by atoms with Crippen LogP contribution in [0, 0.1) is 0 Å². The number of nitrogens with one attached hydrogen (secondary N) is 1. The van der Waals surface area contributed by atoms with Gasteiger partial charge >= 0.3 is 0 Å². The number of anilines is 2. The van der Waals surface area contributed by atoms with Gasteiger partial charge < -0.3 is 24.3 Å². The van der Waals surface area contributed by atoms with Gasteiger partial charge in [0, 0.05) is 49.1 Å². The number of carbonyl (C=O) groups is 2. The summed E-state index contributed by atoms with van der Waals surface area (Å²) in [5.41, 5.74) is 1.46. The Hall–Kier alpha value is -3.46. The standard InChI is InChI=1S/C24H27N3O6/c1-30-18-10-17(11-19(12-18)31-2)27-23(28)13-20(24(27)29)26-7-5-15(6-8-26)25-16-3-4-21-22(9-16)33-14-32-21/h3-4,9-12,15,20,25H,5-8,13-14H2,1-2H3/t20-/m0/s1. The van der Waals surface area contributed by atoms with E-state index < -0.39 is 6.04 Å². The third-order valence-corrected chi connectivity index (χ3v) is 6.43. The molecule has 3 heterocycles. The van der Waals surface area contributed by atoms with E-state index in [0.29, 0.717) is 17.2 Å². The van der Waals surface area contributed by atoms with Gasteiger partial charge in [-0.05, 0) is 25.0 Å². The van der Waals surface area contributed by atoms with Crippen LogP contribution in [0.5, 0.6) is 23.0 Å². The molecule has 9 heteroatoms. The summed E-state index contributed by atoms with van der Waals surface area (Å²) in [6.45, 7) is 1.73. The number of hydrogen-bond acceptors (Lipinski definition) is 8. The maximum atomic E-state index is 13.2. The second kappa shape index (κ2) is 8.82. The molecule has 33 heavy (non-hydrogen) atoms. The first-order valence-corrected chi connectivity index (χ1v) is 11.1. The fourth-order valence-electron chi connectivity index (χ4n) is 4.67. The zero-order valence-electron chi connectivity index (χ0n) is 18.7. The molecule has 0 aromatic heterocycles. The van der Waals surface area contributed by atoms with Crippen molar-refractivity contribution in [3.63, 3.8) is 0 Å². The molecule has 9 nitrogen and oxygen atoms in total. The first-order chi connectivity index (χ1) is 16.1. The van der Waals surface area contributed by atoms with E-state index >= 15 is 0 Å². The fourth-order valence-corrected chi connectivity index (χ4v) is 4.67. The summed E-state index contributed by atoms with van der Waals surface area (Å²) in [7, 11) is 3.08. The third-order valence-electron chi connectivity index (χ3n) is 6.43. The zero-order valence-corrected chi connectivity index (χ0v) is 18.7. The quantitative estimate of drug-likeness (QED) is 0.668. The predicted molar refractivity (Wildman–Crippen MR) is 121 cm³/mol. The lowest BCUT2D eigenvalue weighted by molar-refractivity contribution is -0.123. The smallest absolute Gasteiger partial charge is 0.251 e. The lowest BCUT2D eigenvalue weighted by atomic mass is 10.0. The zero-order chi connectivity index (χ0) is 22.9. The molecule has 0 radical (unpaired) electrons. The van der Waals surface area contributed by atoms with Crippen molar-refractivity contribution in [2.24, 2.45) is 0 Å². The van der Waals surface area contributed by atoms with Gasteiger partial charge in [-0.3, -0.25) is 14.5 Å². The van der Waals surface area contributed by atoms with Crippen LogP contribution in [0.2, 0.25) is 0 Å². The van der Waals surface area contributed by atoms with Crippen LogP contribution in [0.15, 0.2) is 36.4 Å². The number of carbonyl (C=O) groups excluding carboxylic acids is 2. The SMILES string of the molecule is COc1cc(OC)cc(N2C(=O)C[C@H](N3CCC(Nc4ccc5c(c4)OCO5)CC3)C2=O)c1. The molecule has 0 unspecified atom stereocenters. The monoisotopic (exact) mass is 453 g/mol. The Balaban J connectivity index is 1.22. The number of hydrogen-bond donors (Lipinski definition) is 1. The van der Waals surface area contributed by atoms with Crippen LogP contribution >= 0.6 is 0 Å². The van der Waals surface area contributed by atoms with E-state index in [4.69, 9.17) is 18.9 Å². The molecular formula is C24H27N3O6. The Morgan fingerprint density at radius 3 is 2.33 bits per heavy atom. The average molecular weight is 453 g/mol. The predicted octanol–water partition coefficient (Wildman–Crippen LogP) is 2.64. The minimum atomic E-state index is -0.443. The van der Waals surface area contributed by atoms with Gasteiger partial charge in [0.1, 0.15) is 11.5 Å². The van der Waals surface area contributed by atoms with Crippen LogP contribution < -0.4 is 29.2 Å². The fraction of sp³-hybridized carbons (Fsp3) is 0.417. The van der Waals surface area contributed by atoms with E-state index in [9.17, 15) is 9.59 Å². The molecule has 2 amide bonds. The average Bonchev–Trinajstić information content (AvgIpc) is 3.42. The highest BCUT2D eigenvalue weighted by Gasteiger charge is 2.43. The molecule has 0 spiro atoms. The molecule has 2 saturated heterocycles. The summed E-state index contributed by atoms with van der Waals surface area (Å²) in [4.78, 5) is 29.4. The molecule has 5 rings (SSSR count). The van der Waals surface area contributed by atoms with Crippen molar-refractivity contribution in [3.05, 3.63) is 36.4 Å². The van der Waals surface area contributed by atoms with Crippen LogP contribution in [0.4, 0.5) is 11.4 Å². The maximum Gasteiger partial charge on any atom is 0.251 e. The van der Waals surface area contributed by atoms with Gasteiger partial charge in [0.25, 0.3) is 5.91 Å². The molecule has 2 aromatic rings. The van der Waals surface area contributed by atoms with E-state index in [1.807, 2.05) is 18.2 Å². The van der Waals surface area contributed by atoms with Crippen molar-refractivity contribution in [3.8, 4) is 23.0 Å². The van der Waals surface area contributed by atoms with Crippen molar-refractivity contribution in [1.29, 1.82) is 0 Å². The summed E-state index contributed by atoms with van der Waals surface area (Å²) in [6, 6.07) is 10.8. The van der Waals surface area contributed by atoms with Crippen LogP contribution in [-0.4, -0.2) is 62.9 Å². The van der Waals surface area contributed by atoms with Crippen LogP contribution in [0.25, 0.3) is 0 Å². The van der Waals surface area contributed by atoms with Crippen molar-refractivity contribution in [2.45, 2.75) is 31.3 Å². The minimum Gasteiger partial charge on any atom is -0.497 e. The number of imide groups is 1. The molecule has 3 aliphatic rings. The minimum absolute atomic E-state index is 0.179. The van der Waals surface area contributed by atoms with E-state index in [1.54, 1.807) is 18.2 Å². The van der Waals surface area contributed by atoms with Gasteiger partial charge in [0.05, 0.1) is 32.4 Å². The first kappa shape index (κ1) is 21.4. The number of piperidine rings is 1. The highest BCUT2D eigenvalue weighted by atomic mass is 16.7. The number of methoxy groups -OCH3 is 2. The van der Waals surface area contributed by atoms with E-state index in [1.165, 1.54) is 19.1 Å². The second-order valence-corrected chi connectivity index (χ2v) is 8.38. The van der Waals surface area contributed by atoms with Crippen molar-refractivity contribution in [2.75, 3.05) is 44.3 Å². The second-order valence-electron chi connectivity index (χ2n) is 8.38. The number of nitrogens with zero attached hydrogens (tertiary/aromatic N) is 2. The summed E-state index contributed by atoms with van der Waals surface area (Å²) >= 11 is 0. The number of rotatable bonds is 6. The van der Waals surface area contributed by atoms with Gasteiger partial charge in [-0.2, -0.15) is 0 Å². The van der Waals surface area contributed by atoms with Crippen LogP contribution in [0.1, 0.15) is 19.3 Å². The number of likely N-dealkylation sites (tertiary alicyclic amines) is 1. The summed E-state index contributed by atoms with van der Waals surface area (Å²) in [6.07, 6.45) is 1.93. The molecule has 2 aromatic carbocycles. The Kier molecular flexibility index (Phi) is 5.72. The topological polar surface area (TPSA) is 89.6 Å². The van der Waals surface area contributed by atoms with Gasteiger partial charge in [-0.1, -0.05) is 0 Å². The Bertz CT molecular complexity index is 1040. The molecule has 1 atom stereocenters. The van der Waals surface area contributed by atoms with E-state index in [2.05, 4.69) is 10.2 Å². The molecule has 0 saturated carbocycles. The van der Waals surface area contributed by atoms with Gasteiger partial charge in [-0.25, -0.2) is 4.90 Å². The third kappa shape index (κ3) is 4.16. The Labute approximate surface area is 192 Å². The number of benzene rings is 2. The molecule has 1 N–H and O–H groups in total. The summed E-state index contributed by atoms with van der Waals surface area (Å²) in [5.74, 6) is 2.17. The largest absolute Gasteiger partial charge is 0.497 e. The number of amides is 2. The molecule has 0 aliphatic carbocycles. The molecule has 2 fully saturated rings. The maximum absolute atomic E-state index is 13.2. The first-order valence-electron chi connectivity index (χ1n) is 11.1. The van der Waals surface area contributed by atoms with Crippen molar-refractivity contribution in [1.82, 2.24) is 4.90 Å². The van der Waals surface area contributed by atoms with E-state index in [0.717, 1.165) is 43.1 Å². The van der Waals surface area contributed by atoms with Gasteiger partial charge in [-0.15, -0.1) is 0 Å². The van der Waals surface area contributed by atoms with E-state index in [-0.39, 0.29) is 31.1 Å². The van der Waals surface area contributed by atoms with Crippen LogP contribution in [-0.2, 0) is 9.59 Å². The van der Waals surface area contributed by atoms with Gasteiger partial charge in [0.2, 0.25) is 12.7 Å². The highest BCUT2D eigenvalue weighted by Crippen LogP contribution is 2.36. The number of fused-ring (bicyclic) bond motifs is 1. The lowest BCUT2D eigenvalue weighted by Crippen LogP contribution is -2.48. The van der Waals surface area contributed by atoms with Crippen molar-refractivity contribution < 1.29 is 28.5 Å². The normalized spacial score (nSPS) is 20.9. The Morgan fingerprint density at radius 1 is 0.939 bits per heavy atom. The summed E-state index contributed by atoms with van der Waals surface area (Å²) < 4.78 is 21.4. The van der Waals surface area contributed by atoms with Crippen LogP contribution in [0.3, 0.4) is 0 Å². The Morgan fingerprint density at radius 2 is 1.64 bits per heavy atom. The molecule has 3 aliphatic heterocycles.